The molecule has 0 radical (unpaired) electrons. The summed E-state index contributed by atoms with van der Waals surface area (Å²) in [6, 6.07) is 6.51. The Bertz CT molecular complexity index is 1320. The first-order chi connectivity index (χ1) is 15.8. The fourth-order valence-corrected chi connectivity index (χ4v) is 4.68. The maximum Gasteiger partial charge on any atom is 0.407 e. The van der Waals surface area contributed by atoms with Gasteiger partial charge in [-0.3, -0.25) is 0 Å². The number of carbonyl (C=O) groups is 1. The summed E-state index contributed by atoms with van der Waals surface area (Å²) >= 11 is 0. The van der Waals surface area contributed by atoms with E-state index in [1.54, 1.807) is 20.8 Å². The lowest BCUT2D eigenvalue weighted by atomic mass is 9.96. The highest BCUT2D eigenvalue weighted by atomic mass is 32.2. The van der Waals surface area contributed by atoms with Gasteiger partial charge >= 0.3 is 6.09 Å². The van der Waals surface area contributed by atoms with Crippen LogP contribution < -0.4 is 4.74 Å². The van der Waals surface area contributed by atoms with Crippen LogP contribution in [0.25, 0.3) is 11.3 Å². The summed E-state index contributed by atoms with van der Waals surface area (Å²) in [5, 5.41) is 9.14. The molecule has 0 aliphatic carbocycles. The van der Waals surface area contributed by atoms with Crippen LogP contribution in [0.5, 0.6) is 5.88 Å². The number of ether oxygens (including phenoxy) is 1. The number of amides is 1. The van der Waals surface area contributed by atoms with Crippen LogP contribution >= 0.6 is 0 Å². The molecule has 0 saturated heterocycles. The summed E-state index contributed by atoms with van der Waals surface area (Å²) in [5.74, 6) is -2.17. The largest absolute Gasteiger partial charge is 0.481 e. The summed E-state index contributed by atoms with van der Waals surface area (Å²) in [6.07, 6.45) is 0.763. The molecule has 0 aliphatic rings. The molecule has 34 heavy (non-hydrogen) atoms. The second kappa shape index (κ2) is 9.37. The fraction of sp³-hybridized carbons (Fsp3) is 0.318. The topological polar surface area (TPSA) is 115 Å². The molecule has 3 aromatic rings. The molecular formula is C22H24F2N4O5S. The number of nitrogens with zero attached hydrogens (tertiary/aromatic N) is 4. The lowest BCUT2D eigenvalue weighted by Crippen LogP contribution is -2.36. The third-order valence-electron chi connectivity index (χ3n) is 4.72. The molecule has 182 valence electrons. The average Bonchev–Trinajstić information content (AvgIpc) is 3.09. The number of hydrogen-bond acceptors (Lipinski definition) is 6. The summed E-state index contributed by atoms with van der Waals surface area (Å²) < 4.78 is 62.6. The van der Waals surface area contributed by atoms with E-state index in [1.807, 2.05) is 0 Å². The van der Waals surface area contributed by atoms with E-state index in [2.05, 4.69) is 9.97 Å². The molecule has 3 rings (SSSR count). The average molecular weight is 495 g/mol. The minimum atomic E-state index is -4.53. The number of halogens is 2. The molecule has 0 spiro atoms. The number of methoxy groups -OCH3 is 1. The standard InChI is InChI=1S/C22H24F2N4O5S/c1-22(2,3)13-27(21(29)30)11-14-12-28(19(18(14)23)15-7-6-10-25-20(15)24)34(31,32)17-9-5-8-16(26-17)33-4/h5-10,12H,11,13H2,1-4H3,(H,29,30). The third kappa shape index (κ3) is 5.16. The van der Waals surface area contributed by atoms with Crippen molar-refractivity contribution >= 4 is 16.1 Å². The van der Waals surface area contributed by atoms with Gasteiger partial charge in [-0.2, -0.15) is 17.8 Å². The predicted octanol–water partition coefficient (Wildman–Crippen LogP) is 4.00. The van der Waals surface area contributed by atoms with Crippen LogP contribution in [-0.2, 0) is 16.6 Å². The highest BCUT2D eigenvalue weighted by Crippen LogP contribution is 2.33. The van der Waals surface area contributed by atoms with E-state index in [-0.39, 0.29) is 18.0 Å². The van der Waals surface area contributed by atoms with Gasteiger partial charge in [-0.15, -0.1) is 0 Å². The van der Waals surface area contributed by atoms with Crippen LogP contribution in [0.2, 0.25) is 0 Å². The van der Waals surface area contributed by atoms with Crippen LogP contribution in [0.15, 0.2) is 47.8 Å². The van der Waals surface area contributed by atoms with Gasteiger partial charge in [0.1, 0.15) is 5.69 Å². The second-order valence-corrected chi connectivity index (χ2v) is 10.4. The van der Waals surface area contributed by atoms with Crippen LogP contribution in [0.1, 0.15) is 26.3 Å². The Morgan fingerprint density at radius 1 is 1.21 bits per heavy atom. The monoisotopic (exact) mass is 494 g/mol. The lowest BCUT2D eigenvalue weighted by molar-refractivity contribution is 0.122. The highest BCUT2D eigenvalue weighted by Gasteiger charge is 2.31. The normalized spacial score (nSPS) is 11.9. The quantitative estimate of drug-likeness (QED) is 0.494. The maximum absolute atomic E-state index is 15.7. The molecule has 0 aliphatic heterocycles. The summed E-state index contributed by atoms with van der Waals surface area (Å²) in [6.45, 7) is 5.01. The Hall–Kier alpha value is -3.54. The number of hydrogen-bond donors (Lipinski definition) is 1. The van der Waals surface area contributed by atoms with E-state index in [0.29, 0.717) is 3.97 Å². The first-order valence-corrected chi connectivity index (χ1v) is 11.5. The van der Waals surface area contributed by atoms with E-state index >= 15 is 4.39 Å². The molecular weight excluding hydrogens is 470 g/mol. The van der Waals surface area contributed by atoms with Crippen molar-refractivity contribution < 1.29 is 31.8 Å². The molecule has 0 fully saturated rings. The molecule has 0 bridgehead atoms. The zero-order valence-electron chi connectivity index (χ0n) is 19.0. The maximum atomic E-state index is 15.7. The van der Waals surface area contributed by atoms with Gasteiger partial charge in [-0.25, -0.2) is 18.1 Å². The van der Waals surface area contributed by atoms with Crippen molar-refractivity contribution in [1.29, 1.82) is 0 Å². The number of rotatable bonds is 7. The number of pyridine rings is 2. The molecule has 0 aromatic carbocycles. The van der Waals surface area contributed by atoms with Crippen LogP contribution in [0.4, 0.5) is 13.6 Å². The van der Waals surface area contributed by atoms with E-state index in [0.717, 1.165) is 17.3 Å². The SMILES string of the molecule is COc1cccc(S(=O)(=O)n2cc(CN(CC(C)(C)C)C(=O)O)c(F)c2-c2cccnc2F)n1. The Morgan fingerprint density at radius 3 is 2.50 bits per heavy atom. The van der Waals surface area contributed by atoms with Gasteiger partial charge in [0.25, 0.3) is 10.0 Å². The van der Waals surface area contributed by atoms with Crippen molar-refractivity contribution in [1.82, 2.24) is 18.8 Å². The Morgan fingerprint density at radius 2 is 1.91 bits per heavy atom. The first kappa shape index (κ1) is 25.1. The van der Waals surface area contributed by atoms with Crippen LogP contribution in [-0.4, -0.2) is 52.1 Å². The minimum Gasteiger partial charge on any atom is -0.481 e. The summed E-state index contributed by atoms with van der Waals surface area (Å²) in [5.41, 5.74) is -1.73. The van der Waals surface area contributed by atoms with E-state index in [9.17, 15) is 22.7 Å². The molecule has 1 N–H and O–H groups in total. The van der Waals surface area contributed by atoms with Crippen molar-refractivity contribution in [3.05, 3.63) is 60.1 Å². The minimum absolute atomic E-state index is 0.00487. The molecule has 12 heteroatoms. The van der Waals surface area contributed by atoms with Crippen molar-refractivity contribution in [2.24, 2.45) is 5.41 Å². The number of carboxylic acid groups (broad SMARTS) is 1. The van der Waals surface area contributed by atoms with Gasteiger partial charge in [0, 0.05) is 30.6 Å². The predicted molar refractivity (Wildman–Crippen MR) is 119 cm³/mol. The van der Waals surface area contributed by atoms with Gasteiger partial charge in [0.15, 0.2) is 10.8 Å². The smallest absolute Gasteiger partial charge is 0.407 e. The zero-order valence-corrected chi connectivity index (χ0v) is 19.8. The van der Waals surface area contributed by atoms with Gasteiger partial charge in [0.2, 0.25) is 11.8 Å². The van der Waals surface area contributed by atoms with Crippen molar-refractivity contribution in [2.45, 2.75) is 32.3 Å². The van der Waals surface area contributed by atoms with Crippen LogP contribution in [0, 0.1) is 17.2 Å². The first-order valence-electron chi connectivity index (χ1n) is 10.1. The van der Waals surface area contributed by atoms with Gasteiger partial charge < -0.3 is 14.7 Å². The van der Waals surface area contributed by atoms with Gasteiger partial charge in [0.05, 0.1) is 19.2 Å². The van der Waals surface area contributed by atoms with E-state index in [4.69, 9.17) is 4.74 Å². The Labute approximate surface area is 195 Å². The molecule has 0 atom stereocenters. The van der Waals surface area contributed by atoms with Crippen molar-refractivity contribution in [3.8, 4) is 17.1 Å². The van der Waals surface area contributed by atoms with E-state index in [1.165, 1.54) is 37.4 Å². The van der Waals surface area contributed by atoms with Gasteiger partial charge in [-0.1, -0.05) is 26.8 Å². The second-order valence-electron chi connectivity index (χ2n) is 8.68. The van der Waals surface area contributed by atoms with E-state index < -0.39 is 56.1 Å². The molecule has 0 unspecified atom stereocenters. The Kier molecular flexibility index (Phi) is 6.92. The Balaban J connectivity index is 2.23. The molecule has 1 amide bonds. The fourth-order valence-electron chi connectivity index (χ4n) is 3.33. The summed E-state index contributed by atoms with van der Waals surface area (Å²) in [4.78, 5) is 20.1. The molecule has 0 saturated carbocycles. The van der Waals surface area contributed by atoms with Crippen molar-refractivity contribution in [2.75, 3.05) is 13.7 Å². The highest BCUT2D eigenvalue weighted by molar-refractivity contribution is 7.90. The summed E-state index contributed by atoms with van der Waals surface area (Å²) in [7, 11) is -3.23. The van der Waals surface area contributed by atoms with Crippen molar-refractivity contribution in [3.63, 3.8) is 0 Å². The van der Waals surface area contributed by atoms with Gasteiger partial charge in [-0.05, 0) is 23.6 Å². The molecule has 3 aromatic heterocycles. The lowest BCUT2D eigenvalue weighted by Gasteiger charge is -2.27. The molecule has 9 nitrogen and oxygen atoms in total. The zero-order chi connectivity index (χ0) is 25.3. The third-order valence-corrected chi connectivity index (χ3v) is 6.29. The van der Waals surface area contributed by atoms with Crippen LogP contribution in [0.3, 0.4) is 0 Å². The number of aromatic nitrogens is 3. The molecule has 3 heterocycles.